The van der Waals surface area contributed by atoms with Crippen molar-refractivity contribution in [2.75, 3.05) is 5.73 Å². The molecule has 3 aromatic rings. The van der Waals surface area contributed by atoms with Crippen LogP contribution < -0.4 is 11.3 Å². The van der Waals surface area contributed by atoms with Gasteiger partial charge < -0.3 is 24.7 Å². The zero-order chi connectivity index (χ0) is 25.9. The molecule has 4 N–H and O–H groups in total. The molecule has 0 spiro atoms. The number of nitrogens with zero attached hydrogens (tertiary/aromatic N) is 3. The second-order valence-electron chi connectivity index (χ2n) is 10.7. The van der Waals surface area contributed by atoms with Gasteiger partial charge in [-0.15, -0.1) is 0 Å². The van der Waals surface area contributed by atoms with Crippen LogP contribution in [0.1, 0.15) is 54.7 Å². The van der Waals surface area contributed by atoms with E-state index in [1.54, 1.807) is 12.3 Å². The van der Waals surface area contributed by atoms with E-state index in [9.17, 15) is 14.7 Å². The Kier molecular flexibility index (Phi) is 6.07. The number of esters is 1. The number of hydrogen-bond donors (Lipinski definition) is 3. The average molecular weight is 502 g/mol. The number of aliphatic hydroxyl groups is 1. The molecule has 0 aliphatic carbocycles. The van der Waals surface area contributed by atoms with Crippen LogP contribution in [0.3, 0.4) is 0 Å². The lowest BCUT2D eigenvalue weighted by molar-refractivity contribution is -0.165. The first-order chi connectivity index (χ1) is 16.1. The molecule has 4 unspecified atom stereocenters. The van der Waals surface area contributed by atoms with Gasteiger partial charge in [-0.05, 0) is 31.9 Å². The van der Waals surface area contributed by atoms with E-state index in [2.05, 4.69) is 36.1 Å². The van der Waals surface area contributed by atoms with E-state index in [4.69, 9.17) is 19.6 Å². The predicted octanol–water partition coefficient (Wildman–Crippen LogP) is 2.07. The van der Waals surface area contributed by atoms with Crippen molar-refractivity contribution in [2.24, 2.45) is 0 Å². The quantitative estimate of drug-likeness (QED) is 0.352. The Hall–Kier alpha value is -2.80. The maximum Gasteiger partial charge on any atom is 0.303 e. The summed E-state index contributed by atoms with van der Waals surface area (Å²) in [7, 11) is 0.139. The van der Waals surface area contributed by atoms with Gasteiger partial charge >= 0.3 is 5.97 Å². The Morgan fingerprint density at radius 2 is 2.00 bits per heavy atom. The molecule has 12 heteroatoms. The van der Waals surface area contributed by atoms with Gasteiger partial charge in [0.25, 0.3) is 5.56 Å². The number of nitrogens with one attached hydrogen (secondary N) is 1. The van der Waals surface area contributed by atoms with Crippen molar-refractivity contribution in [3.63, 3.8) is 0 Å². The molecule has 1 fully saturated rings. The largest absolute Gasteiger partial charge is 0.456 e. The normalized spacial score (nSPS) is 25.4. The highest BCUT2D eigenvalue weighted by Crippen LogP contribution is 2.45. The van der Waals surface area contributed by atoms with Crippen LogP contribution >= 0.6 is 0 Å². The third kappa shape index (κ3) is 4.58. The molecule has 11 nitrogen and oxygen atoms in total. The number of H-pyrrole nitrogens is 1. The number of rotatable bonds is 5. The van der Waals surface area contributed by atoms with Crippen molar-refractivity contribution in [1.82, 2.24) is 20.0 Å². The molecule has 1 aliphatic heterocycles. The molecule has 0 amide bonds. The van der Waals surface area contributed by atoms with E-state index in [0.29, 0.717) is 27.4 Å². The van der Waals surface area contributed by atoms with Gasteiger partial charge in [0.15, 0.2) is 12.3 Å². The van der Waals surface area contributed by atoms with Crippen molar-refractivity contribution in [2.45, 2.75) is 83.1 Å². The predicted molar refractivity (Wildman–Crippen MR) is 131 cm³/mol. The molecular formula is C23H31N5O6Si. The van der Waals surface area contributed by atoms with Crippen LogP contribution in [0, 0.1) is 0 Å². The molecule has 0 bridgehead atoms. The monoisotopic (exact) mass is 501 g/mol. The van der Waals surface area contributed by atoms with Gasteiger partial charge in [0.05, 0.1) is 17.2 Å². The summed E-state index contributed by atoms with van der Waals surface area (Å²) in [5.74, 6) is -0.555. The maximum atomic E-state index is 12.3. The number of ether oxygens (including phenoxy) is 2. The lowest BCUT2D eigenvalue weighted by Crippen LogP contribution is -2.53. The summed E-state index contributed by atoms with van der Waals surface area (Å²) in [4.78, 5) is 24.3. The van der Waals surface area contributed by atoms with Crippen LogP contribution in [0.2, 0.25) is 5.04 Å². The highest BCUT2D eigenvalue weighted by atomic mass is 28.2. The van der Waals surface area contributed by atoms with Crippen LogP contribution in [-0.2, 0) is 18.7 Å². The Morgan fingerprint density at radius 1 is 1.31 bits per heavy atom. The summed E-state index contributed by atoms with van der Waals surface area (Å²) in [5.41, 5.74) is 3.98. The van der Waals surface area contributed by atoms with Crippen LogP contribution in [0.25, 0.3) is 21.7 Å². The number of nitrogen functional groups attached to an aromatic ring is 1. The lowest BCUT2D eigenvalue weighted by atomic mass is 9.89. The van der Waals surface area contributed by atoms with Gasteiger partial charge in [-0.25, -0.2) is 9.78 Å². The fraction of sp³-hybridized carbons (Fsp3) is 0.565. The molecule has 1 aliphatic rings. The molecule has 0 saturated carbocycles. The molecule has 3 heterocycles. The summed E-state index contributed by atoms with van der Waals surface area (Å²) in [6, 6.07) is 1.56. The average Bonchev–Trinajstić information content (AvgIpc) is 3.14. The molecule has 188 valence electrons. The molecule has 35 heavy (non-hydrogen) atoms. The highest BCUT2D eigenvalue weighted by molar-refractivity contribution is 6.31. The summed E-state index contributed by atoms with van der Waals surface area (Å²) in [5, 5.41) is 24.0. The van der Waals surface area contributed by atoms with Crippen LogP contribution in [0.4, 0.5) is 5.69 Å². The third-order valence-electron chi connectivity index (χ3n) is 5.95. The summed E-state index contributed by atoms with van der Waals surface area (Å²) < 4.78 is 19.6. The van der Waals surface area contributed by atoms with Crippen molar-refractivity contribution < 1.29 is 23.8 Å². The fourth-order valence-corrected chi connectivity index (χ4v) is 4.99. The topological polar surface area (TPSA) is 155 Å². The van der Waals surface area contributed by atoms with Crippen LogP contribution in [-0.4, -0.2) is 64.2 Å². The van der Waals surface area contributed by atoms with E-state index in [1.165, 1.54) is 24.7 Å². The lowest BCUT2D eigenvalue weighted by Gasteiger charge is -2.37. The molecule has 4 rings (SSSR count). The minimum absolute atomic E-state index is 0.0882. The minimum Gasteiger partial charge on any atom is -0.456 e. The Morgan fingerprint density at radius 3 is 2.63 bits per heavy atom. The smallest absolute Gasteiger partial charge is 0.303 e. The number of anilines is 1. The fourth-order valence-electron chi connectivity index (χ4n) is 4.30. The summed E-state index contributed by atoms with van der Waals surface area (Å²) >= 11 is 0. The number of aromatic amines is 1. The highest BCUT2D eigenvalue weighted by Gasteiger charge is 2.60. The molecule has 2 radical (unpaired) electrons. The van der Waals surface area contributed by atoms with E-state index < -0.39 is 35.6 Å². The summed E-state index contributed by atoms with van der Waals surface area (Å²) in [6.45, 7) is 12.7. The number of carbonyl (C=O) groups is 1. The second kappa shape index (κ2) is 8.40. The van der Waals surface area contributed by atoms with Gasteiger partial charge in [-0.1, -0.05) is 20.8 Å². The van der Waals surface area contributed by atoms with Crippen LogP contribution in [0.5, 0.6) is 0 Å². The van der Waals surface area contributed by atoms with Crippen LogP contribution in [0.15, 0.2) is 23.3 Å². The molecule has 1 aromatic carbocycles. The van der Waals surface area contributed by atoms with E-state index in [0.717, 1.165) is 0 Å². The standard InChI is InChI=1S/C23H31N5O6Si/c1-11(29)32-18-17(22(5,6)34-35-21(2,3)4)33-20(23(18,7)31)28-10-13-14(24)8-12-16(13)15(27-28)9-25-26-19(12)30/h8-10,17-18,20,31H,24H2,1-7H3,(H,26,30). The van der Waals surface area contributed by atoms with E-state index in [-0.39, 0.29) is 20.4 Å². The van der Waals surface area contributed by atoms with Gasteiger partial charge in [0.2, 0.25) is 9.76 Å². The first-order valence-corrected chi connectivity index (χ1v) is 12.2. The van der Waals surface area contributed by atoms with Gasteiger partial charge in [0, 0.05) is 29.6 Å². The molecular weight excluding hydrogens is 470 g/mol. The van der Waals surface area contributed by atoms with Crippen molar-refractivity contribution in [3.8, 4) is 0 Å². The Labute approximate surface area is 204 Å². The molecule has 2 aromatic heterocycles. The SMILES string of the molecule is CC(=O)OC1C(C(C)(C)O[Si]C(C)(C)C)OC(n2cc3c(N)cc4c(=O)[nH]ncc(n2)c34)C1(C)O. The molecule has 4 atom stereocenters. The maximum absolute atomic E-state index is 12.3. The van der Waals surface area contributed by atoms with Gasteiger partial charge in [0.1, 0.15) is 17.2 Å². The van der Waals surface area contributed by atoms with Crippen molar-refractivity contribution in [1.29, 1.82) is 0 Å². The summed E-state index contributed by atoms with van der Waals surface area (Å²) in [6.07, 6.45) is 0.112. The second-order valence-corrected chi connectivity index (χ2v) is 12.6. The molecule has 1 saturated heterocycles. The number of nitrogens with two attached hydrogens (primary N) is 1. The van der Waals surface area contributed by atoms with Crippen molar-refractivity contribution in [3.05, 3.63) is 28.8 Å². The zero-order valence-corrected chi connectivity index (χ0v) is 21.9. The van der Waals surface area contributed by atoms with E-state index in [1.807, 2.05) is 13.8 Å². The van der Waals surface area contributed by atoms with E-state index >= 15 is 0 Å². The number of aromatic nitrogens is 4. The Bertz CT molecular complexity index is 1340. The number of carbonyl (C=O) groups excluding carboxylic acids is 1. The zero-order valence-electron chi connectivity index (χ0n) is 20.9. The first kappa shape index (κ1) is 25.3. The Balaban J connectivity index is 1.83. The number of hydrogen-bond acceptors (Lipinski definition) is 9. The van der Waals surface area contributed by atoms with Gasteiger partial charge in [-0.2, -0.15) is 10.2 Å². The van der Waals surface area contributed by atoms with Gasteiger partial charge in [-0.3, -0.25) is 9.59 Å². The first-order valence-electron chi connectivity index (χ1n) is 11.3. The minimum atomic E-state index is -1.68. The van der Waals surface area contributed by atoms with Crippen molar-refractivity contribution >= 4 is 43.1 Å². The third-order valence-corrected chi connectivity index (χ3v) is 7.19.